The van der Waals surface area contributed by atoms with Gasteiger partial charge in [0.25, 0.3) is 0 Å². The van der Waals surface area contributed by atoms with Gasteiger partial charge in [-0.3, -0.25) is 10.6 Å². The maximum absolute atomic E-state index is 13.8. The van der Waals surface area contributed by atoms with E-state index >= 15 is 0 Å². The highest BCUT2D eigenvalue weighted by atomic mass is 19.1. The highest BCUT2D eigenvalue weighted by molar-refractivity contribution is 6.08. The average Bonchev–Trinajstić information content (AvgIpc) is 2.83. The van der Waals surface area contributed by atoms with Crippen LogP contribution in [0.5, 0.6) is 5.75 Å². The third-order valence-corrected chi connectivity index (χ3v) is 3.38. The van der Waals surface area contributed by atoms with Crippen molar-refractivity contribution < 1.29 is 13.9 Å². The molecule has 2 aromatic rings. The molecule has 1 atom stereocenters. The van der Waals surface area contributed by atoms with E-state index in [0.29, 0.717) is 28.4 Å². The second-order valence-electron chi connectivity index (χ2n) is 4.76. The van der Waals surface area contributed by atoms with Crippen LogP contribution in [0.1, 0.15) is 0 Å². The zero-order valence-electron chi connectivity index (χ0n) is 10.8. The predicted octanol–water partition coefficient (Wildman–Crippen LogP) is 2.55. The fourth-order valence-corrected chi connectivity index (χ4v) is 2.40. The number of halogens is 1. The number of fused-ring (bicyclic) bond motifs is 2. The normalized spacial score (nSPS) is 18.8. The fourth-order valence-electron chi connectivity index (χ4n) is 2.40. The molecule has 0 spiro atoms. The number of carbonyl (C=O) groups excluding carboxylic acids is 1. The topological polar surface area (TPSA) is 62.7 Å². The van der Waals surface area contributed by atoms with Crippen molar-refractivity contribution in [2.75, 3.05) is 0 Å². The second kappa shape index (κ2) is 4.31. The van der Waals surface area contributed by atoms with Crippen molar-refractivity contribution in [3.8, 4) is 16.9 Å². The number of aliphatic imine (C=N–C) groups is 1. The van der Waals surface area contributed by atoms with Crippen molar-refractivity contribution in [1.29, 1.82) is 0 Å². The molecule has 2 aliphatic rings. The molecule has 2 aromatic carbocycles. The lowest BCUT2D eigenvalue weighted by Crippen LogP contribution is -2.36. The van der Waals surface area contributed by atoms with Crippen LogP contribution < -0.4 is 15.4 Å². The minimum absolute atomic E-state index is 0.298. The third-order valence-electron chi connectivity index (χ3n) is 3.38. The zero-order chi connectivity index (χ0) is 14.4. The molecule has 1 fully saturated rings. The monoisotopic (exact) mass is 283 g/mol. The molecule has 0 radical (unpaired) electrons. The van der Waals surface area contributed by atoms with E-state index in [1.807, 2.05) is 0 Å². The van der Waals surface area contributed by atoms with Gasteiger partial charge >= 0.3 is 6.03 Å². The van der Waals surface area contributed by atoms with Gasteiger partial charge in [0.2, 0.25) is 6.23 Å². The van der Waals surface area contributed by atoms with Gasteiger partial charge in [-0.2, -0.15) is 0 Å². The molecule has 2 amide bonds. The summed E-state index contributed by atoms with van der Waals surface area (Å²) in [6, 6.07) is 11.4. The molecule has 2 N–H and O–H groups in total. The lowest BCUT2D eigenvalue weighted by molar-refractivity contribution is 0.220. The van der Waals surface area contributed by atoms with Gasteiger partial charge < -0.3 is 4.74 Å². The quantitative estimate of drug-likeness (QED) is 0.845. The summed E-state index contributed by atoms with van der Waals surface area (Å²) in [5.41, 5.74) is 1.79. The van der Waals surface area contributed by atoms with Crippen LogP contribution in [0.4, 0.5) is 14.9 Å². The first-order valence-corrected chi connectivity index (χ1v) is 6.42. The largest absolute Gasteiger partial charge is 0.461 e. The van der Waals surface area contributed by atoms with Gasteiger partial charge in [0.15, 0.2) is 5.84 Å². The summed E-state index contributed by atoms with van der Waals surface area (Å²) in [6.07, 6.45) is -0.610. The highest BCUT2D eigenvalue weighted by Crippen LogP contribution is 2.36. The van der Waals surface area contributed by atoms with Gasteiger partial charge in [-0.15, -0.1) is 0 Å². The van der Waals surface area contributed by atoms with E-state index in [1.54, 1.807) is 36.4 Å². The van der Waals surface area contributed by atoms with Gasteiger partial charge in [-0.1, -0.05) is 24.3 Å². The van der Waals surface area contributed by atoms with E-state index in [2.05, 4.69) is 15.6 Å². The Balaban J connectivity index is 1.77. The molecule has 1 saturated heterocycles. The van der Waals surface area contributed by atoms with Crippen LogP contribution >= 0.6 is 0 Å². The number of nitrogens with one attached hydrogen (secondary N) is 2. The number of carbonyl (C=O) groups is 1. The molecule has 0 aliphatic carbocycles. The van der Waals surface area contributed by atoms with Crippen LogP contribution in [-0.2, 0) is 0 Å². The maximum atomic E-state index is 13.8. The van der Waals surface area contributed by atoms with E-state index in [-0.39, 0.29) is 11.8 Å². The summed E-state index contributed by atoms with van der Waals surface area (Å²) < 4.78 is 19.5. The number of hydrogen-bond acceptors (Lipinski definition) is 3. The Bertz CT molecular complexity index is 788. The van der Waals surface area contributed by atoms with Crippen LogP contribution in [0.2, 0.25) is 0 Å². The molecule has 2 heterocycles. The van der Waals surface area contributed by atoms with E-state index in [9.17, 15) is 9.18 Å². The van der Waals surface area contributed by atoms with Gasteiger partial charge in [0.05, 0.1) is 0 Å². The first-order chi connectivity index (χ1) is 10.2. The summed E-state index contributed by atoms with van der Waals surface area (Å²) in [6.45, 7) is 0. The van der Waals surface area contributed by atoms with Crippen molar-refractivity contribution in [2.45, 2.75) is 6.23 Å². The van der Waals surface area contributed by atoms with E-state index < -0.39 is 6.23 Å². The summed E-state index contributed by atoms with van der Waals surface area (Å²) >= 11 is 0. The molecule has 6 heteroatoms. The van der Waals surface area contributed by atoms with Crippen molar-refractivity contribution in [3.63, 3.8) is 0 Å². The van der Waals surface area contributed by atoms with Crippen LogP contribution in [0.25, 0.3) is 11.1 Å². The van der Waals surface area contributed by atoms with Gasteiger partial charge in [-0.25, -0.2) is 14.2 Å². The maximum Gasteiger partial charge on any atom is 0.323 e. The predicted molar refractivity (Wildman–Crippen MR) is 75.0 cm³/mol. The number of rotatable bonds is 1. The molecule has 2 aliphatic heterocycles. The van der Waals surface area contributed by atoms with Crippen molar-refractivity contribution in [2.24, 2.45) is 4.99 Å². The lowest BCUT2D eigenvalue weighted by Gasteiger charge is -2.20. The van der Waals surface area contributed by atoms with Gasteiger partial charge in [-0.05, 0) is 23.8 Å². The average molecular weight is 283 g/mol. The lowest BCUT2D eigenvalue weighted by atomic mass is 10.0. The Hall–Kier alpha value is -2.89. The number of nitrogens with zero attached hydrogens (tertiary/aromatic N) is 1. The minimum Gasteiger partial charge on any atom is -0.461 e. The number of urea groups is 1. The number of benzene rings is 2. The van der Waals surface area contributed by atoms with E-state index in [0.717, 1.165) is 0 Å². The first kappa shape index (κ1) is 11.9. The number of ether oxygens (including phenoxy) is 1. The second-order valence-corrected chi connectivity index (χ2v) is 4.76. The summed E-state index contributed by atoms with van der Waals surface area (Å²) in [5.74, 6) is 0.646. The van der Waals surface area contributed by atoms with Gasteiger partial charge in [0.1, 0.15) is 17.3 Å². The molecule has 104 valence electrons. The molecule has 0 aromatic heterocycles. The van der Waals surface area contributed by atoms with E-state index in [4.69, 9.17) is 4.74 Å². The molecule has 5 nitrogen and oxygen atoms in total. The van der Waals surface area contributed by atoms with Crippen LogP contribution in [0, 0.1) is 5.82 Å². The Morgan fingerprint density at radius 2 is 2.05 bits per heavy atom. The Labute approximate surface area is 119 Å². The molecule has 0 saturated carbocycles. The fraction of sp³-hybridized carbons (Fsp3) is 0.0667. The zero-order valence-corrected chi connectivity index (χ0v) is 10.8. The minimum atomic E-state index is -0.610. The van der Waals surface area contributed by atoms with Crippen molar-refractivity contribution in [3.05, 3.63) is 48.3 Å². The number of amides is 2. The Kier molecular flexibility index (Phi) is 2.44. The standard InChI is InChI=1S/C15H10FN3O2/c16-10-4-2-1-3-9(10)8-5-6-11-12(7-8)21-14-13(17-11)18-15(20)19-14/h1-7,14H,(H2,17,18,19,20). The summed E-state index contributed by atoms with van der Waals surface area (Å²) in [5, 5.41) is 5.16. The summed E-state index contributed by atoms with van der Waals surface area (Å²) in [7, 11) is 0. The molecule has 4 rings (SSSR count). The smallest absolute Gasteiger partial charge is 0.323 e. The van der Waals surface area contributed by atoms with Crippen LogP contribution in [0.15, 0.2) is 47.5 Å². The van der Waals surface area contributed by atoms with Crippen LogP contribution in [-0.4, -0.2) is 18.1 Å². The van der Waals surface area contributed by atoms with Gasteiger partial charge in [0, 0.05) is 5.56 Å². The van der Waals surface area contributed by atoms with E-state index in [1.165, 1.54) is 6.07 Å². The highest BCUT2D eigenvalue weighted by Gasteiger charge is 2.33. The third kappa shape index (κ3) is 1.92. The van der Waals surface area contributed by atoms with Crippen molar-refractivity contribution >= 4 is 17.6 Å². The Morgan fingerprint density at radius 1 is 1.19 bits per heavy atom. The molecular formula is C15H10FN3O2. The molecule has 0 bridgehead atoms. The molecule has 1 unspecified atom stereocenters. The Morgan fingerprint density at radius 3 is 2.90 bits per heavy atom. The number of hydrogen-bond donors (Lipinski definition) is 2. The van der Waals surface area contributed by atoms with Crippen LogP contribution in [0.3, 0.4) is 0 Å². The SMILES string of the molecule is O=C1NC2=Nc3ccc(-c4ccccc4F)cc3OC2N1. The number of amidine groups is 1. The summed E-state index contributed by atoms with van der Waals surface area (Å²) in [4.78, 5) is 15.6. The first-order valence-electron chi connectivity index (χ1n) is 6.42. The van der Waals surface area contributed by atoms with Crippen molar-refractivity contribution in [1.82, 2.24) is 10.6 Å². The molecule has 21 heavy (non-hydrogen) atoms. The molecular weight excluding hydrogens is 273 g/mol.